The minimum atomic E-state index is -0.591. The van der Waals surface area contributed by atoms with Gasteiger partial charge in [-0.1, -0.05) is 12.1 Å². The molecule has 1 heterocycles. The molecule has 1 aliphatic rings. The standard InChI is InChI=1S/C14H20N2O2/c1-10(14(15)17)18-13-6-4-11(5-7-13)12-3-2-8-16-9-12/h4-7,10,12,16H,2-3,8-9H2,1H3,(H2,15,17). The summed E-state index contributed by atoms with van der Waals surface area (Å²) in [6.07, 6.45) is 1.86. The number of hydrogen-bond acceptors (Lipinski definition) is 3. The van der Waals surface area contributed by atoms with Crippen LogP contribution in [0.2, 0.25) is 0 Å². The first-order chi connectivity index (χ1) is 8.66. The van der Waals surface area contributed by atoms with Crippen molar-refractivity contribution in [1.29, 1.82) is 0 Å². The van der Waals surface area contributed by atoms with Crippen LogP contribution in [-0.2, 0) is 4.79 Å². The van der Waals surface area contributed by atoms with Crippen LogP contribution in [0.25, 0.3) is 0 Å². The van der Waals surface area contributed by atoms with E-state index >= 15 is 0 Å². The van der Waals surface area contributed by atoms with Crippen molar-refractivity contribution < 1.29 is 9.53 Å². The summed E-state index contributed by atoms with van der Waals surface area (Å²) in [4.78, 5) is 10.9. The fraction of sp³-hybridized carbons (Fsp3) is 0.500. The second-order valence-electron chi connectivity index (χ2n) is 4.77. The molecule has 1 aromatic rings. The number of amides is 1. The quantitative estimate of drug-likeness (QED) is 0.846. The van der Waals surface area contributed by atoms with Crippen molar-refractivity contribution in [3.8, 4) is 5.75 Å². The average molecular weight is 248 g/mol. The maximum atomic E-state index is 10.9. The molecule has 0 aromatic heterocycles. The highest BCUT2D eigenvalue weighted by atomic mass is 16.5. The van der Waals surface area contributed by atoms with Crippen LogP contribution in [0.3, 0.4) is 0 Å². The van der Waals surface area contributed by atoms with Gasteiger partial charge in [0.2, 0.25) is 0 Å². The third-order valence-electron chi connectivity index (χ3n) is 3.36. The van der Waals surface area contributed by atoms with Crippen LogP contribution in [0.1, 0.15) is 31.2 Å². The Hall–Kier alpha value is -1.55. The number of carbonyl (C=O) groups is 1. The lowest BCUT2D eigenvalue weighted by Crippen LogP contribution is -2.30. The zero-order chi connectivity index (χ0) is 13.0. The SMILES string of the molecule is CC(Oc1ccc(C2CCCNC2)cc1)C(N)=O. The zero-order valence-corrected chi connectivity index (χ0v) is 10.7. The highest BCUT2D eigenvalue weighted by Gasteiger charge is 2.15. The van der Waals surface area contributed by atoms with Crippen molar-refractivity contribution in [2.45, 2.75) is 31.8 Å². The lowest BCUT2D eigenvalue weighted by atomic mass is 9.92. The topological polar surface area (TPSA) is 64.3 Å². The maximum Gasteiger partial charge on any atom is 0.258 e. The Balaban J connectivity index is 1.98. The molecule has 4 nitrogen and oxygen atoms in total. The van der Waals surface area contributed by atoms with E-state index in [1.807, 2.05) is 12.1 Å². The summed E-state index contributed by atoms with van der Waals surface area (Å²) < 4.78 is 5.43. The number of piperidine rings is 1. The summed E-state index contributed by atoms with van der Waals surface area (Å²) in [6.45, 7) is 3.81. The Kier molecular flexibility index (Phi) is 4.20. The Labute approximate surface area is 108 Å². The third-order valence-corrected chi connectivity index (χ3v) is 3.36. The summed E-state index contributed by atoms with van der Waals surface area (Å²) in [7, 11) is 0. The van der Waals surface area contributed by atoms with Gasteiger partial charge in [-0.3, -0.25) is 4.79 Å². The molecule has 98 valence electrons. The molecule has 0 saturated carbocycles. The number of rotatable bonds is 4. The van der Waals surface area contributed by atoms with E-state index in [2.05, 4.69) is 17.4 Å². The van der Waals surface area contributed by atoms with Gasteiger partial charge in [-0.25, -0.2) is 0 Å². The molecule has 1 fully saturated rings. The fourth-order valence-corrected chi connectivity index (χ4v) is 2.22. The van der Waals surface area contributed by atoms with E-state index in [1.54, 1.807) is 6.92 Å². The number of primary amides is 1. The monoisotopic (exact) mass is 248 g/mol. The van der Waals surface area contributed by atoms with E-state index in [9.17, 15) is 4.79 Å². The Bertz CT molecular complexity index is 397. The van der Waals surface area contributed by atoms with Crippen LogP contribution in [-0.4, -0.2) is 25.1 Å². The smallest absolute Gasteiger partial charge is 0.258 e. The molecule has 1 saturated heterocycles. The molecular formula is C14H20N2O2. The Morgan fingerprint density at radius 2 is 2.17 bits per heavy atom. The highest BCUT2D eigenvalue weighted by Crippen LogP contribution is 2.25. The summed E-state index contributed by atoms with van der Waals surface area (Å²) in [6, 6.07) is 7.95. The molecule has 2 unspecified atom stereocenters. The molecule has 1 amide bonds. The first kappa shape index (κ1) is 12.9. The molecular weight excluding hydrogens is 228 g/mol. The van der Waals surface area contributed by atoms with Gasteiger partial charge < -0.3 is 15.8 Å². The van der Waals surface area contributed by atoms with Crippen LogP contribution in [0, 0.1) is 0 Å². The summed E-state index contributed by atoms with van der Waals surface area (Å²) in [5, 5.41) is 3.40. The van der Waals surface area contributed by atoms with Gasteiger partial charge in [-0.05, 0) is 49.9 Å². The molecule has 0 bridgehead atoms. The van der Waals surface area contributed by atoms with Crippen LogP contribution < -0.4 is 15.8 Å². The van der Waals surface area contributed by atoms with E-state index in [0.29, 0.717) is 11.7 Å². The number of nitrogens with one attached hydrogen (secondary N) is 1. The predicted molar refractivity (Wildman–Crippen MR) is 70.6 cm³/mol. The van der Waals surface area contributed by atoms with Gasteiger partial charge in [-0.2, -0.15) is 0 Å². The minimum Gasteiger partial charge on any atom is -0.481 e. The summed E-state index contributed by atoms with van der Waals surface area (Å²) >= 11 is 0. The number of benzene rings is 1. The number of nitrogens with two attached hydrogens (primary N) is 1. The predicted octanol–water partition coefficient (Wildman–Crippen LogP) is 1.41. The molecule has 0 aliphatic carbocycles. The molecule has 18 heavy (non-hydrogen) atoms. The first-order valence-electron chi connectivity index (χ1n) is 6.43. The Morgan fingerprint density at radius 1 is 1.44 bits per heavy atom. The molecule has 1 aliphatic heterocycles. The van der Waals surface area contributed by atoms with Crippen LogP contribution in [0.5, 0.6) is 5.75 Å². The van der Waals surface area contributed by atoms with Crippen molar-refractivity contribution in [2.24, 2.45) is 5.73 Å². The largest absolute Gasteiger partial charge is 0.481 e. The van der Waals surface area contributed by atoms with E-state index in [1.165, 1.54) is 18.4 Å². The summed E-state index contributed by atoms with van der Waals surface area (Å²) in [5.74, 6) is 0.825. The van der Waals surface area contributed by atoms with Crippen LogP contribution >= 0.6 is 0 Å². The lowest BCUT2D eigenvalue weighted by Gasteiger charge is -2.23. The van der Waals surface area contributed by atoms with E-state index < -0.39 is 12.0 Å². The minimum absolute atomic E-state index is 0.449. The van der Waals surface area contributed by atoms with Gasteiger partial charge in [0, 0.05) is 6.54 Å². The number of ether oxygens (including phenoxy) is 1. The second-order valence-corrected chi connectivity index (χ2v) is 4.77. The van der Waals surface area contributed by atoms with Gasteiger partial charge >= 0.3 is 0 Å². The van der Waals surface area contributed by atoms with Crippen LogP contribution in [0.15, 0.2) is 24.3 Å². The molecule has 4 heteroatoms. The highest BCUT2D eigenvalue weighted by molar-refractivity contribution is 5.78. The van der Waals surface area contributed by atoms with Gasteiger partial charge in [0.15, 0.2) is 6.10 Å². The van der Waals surface area contributed by atoms with Crippen molar-refractivity contribution in [2.75, 3.05) is 13.1 Å². The number of hydrogen-bond donors (Lipinski definition) is 2. The molecule has 0 radical (unpaired) electrons. The van der Waals surface area contributed by atoms with E-state index in [0.717, 1.165) is 13.1 Å². The average Bonchev–Trinajstić information content (AvgIpc) is 2.40. The normalized spacial score (nSPS) is 21.3. The van der Waals surface area contributed by atoms with Crippen molar-refractivity contribution in [3.63, 3.8) is 0 Å². The first-order valence-corrected chi connectivity index (χ1v) is 6.43. The third kappa shape index (κ3) is 3.23. The molecule has 3 N–H and O–H groups in total. The maximum absolute atomic E-state index is 10.9. The summed E-state index contributed by atoms with van der Waals surface area (Å²) in [5.41, 5.74) is 6.48. The molecule has 2 atom stereocenters. The van der Waals surface area contributed by atoms with Crippen molar-refractivity contribution in [1.82, 2.24) is 5.32 Å². The van der Waals surface area contributed by atoms with Gasteiger partial charge in [0.1, 0.15) is 5.75 Å². The van der Waals surface area contributed by atoms with E-state index in [-0.39, 0.29) is 0 Å². The lowest BCUT2D eigenvalue weighted by molar-refractivity contribution is -0.123. The van der Waals surface area contributed by atoms with Gasteiger partial charge in [0.25, 0.3) is 5.91 Å². The van der Waals surface area contributed by atoms with Gasteiger partial charge in [0.05, 0.1) is 0 Å². The molecule has 1 aromatic carbocycles. The second kappa shape index (κ2) is 5.87. The Morgan fingerprint density at radius 3 is 2.72 bits per heavy atom. The van der Waals surface area contributed by atoms with Crippen molar-refractivity contribution in [3.05, 3.63) is 29.8 Å². The molecule has 0 spiro atoms. The van der Waals surface area contributed by atoms with Crippen LogP contribution in [0.4, 0.5) is 0 Å². The van der Waals surface area contributed by atoms with Crippen molar-refractivity contribution >= 4 is 5.91 Å². The number of carbonyl (C=O) groups excluding carboxylic acids is 1. The zero-order valence-electron chi connectivity index (χ0n) is 10.7. The fourth-order valence-electron chi connectivity index (χ4n) is 2.22. The molecule has 2 rings (SSSR count). The van der Waals surface area contributed by atoms with E-state index in [4.69, 9.17) is 10.5 Å². The van der Waals surface area contributed by atoms with Gasteiger partial charge in [-0.15, -0.1) is 0 Å².